The molecule has 0 aromatic heterocycles. The molecule has 138 valence electrons. The van der Waals surface area contributed by atoms with Gasteiger partial charge in [-0.25, -0.2) is 10.3 Å². The fraction of sp³-hybridized carbons (Fsp3) is 0.556. The minimum atomic E-state index is -0.591. The fourth-order valence-electron chi connectivity index (χ4n) is 2.49. The fourth-order valence-corrected chi connectivity index (χ4v) is 2.49. The number of hydrogen-bond acceptors (Lipinski definition) is 5. The first-order chi connectivity index (χ1) is 11.9. The van der Waals surface area contributed by atoms with Crippen molar-refractivity contribution in [2.45, 2.75) is 45.3 Å². The Kier molecular flexibility index (Phi) is 6.64. The molecule has 0 bridgehead atoms. The van der Waals surface area contributed by atoms with Gasteiger partial charge in [-0.05, 0) is 45.7 Å². The second-order valence-corrected chi connectivity index (χ2v) is 6.81. The topological polar surface area (TPSA) is 77.1 Å². The molecule has 1 aliphatic heterocycles. The van der Waals surface area contributed by atoms with Crippen molar-refractivity contribution in [1.29, 1.82) is 0 Å². The van der Waals surface area contributed by atoms with Crippen molar-refractivity contribution >= 4 is 12.0 Å². The van der Waals surface area contributed by atoms with Crippen LogP contribution in [0.1, 0.15) is 33.6 Å². The molecule has 1 aromatic carbocycles. The Morgan fingerprint density at radius 3 is 2.60 bits per heavy atom. The second kappa shape index (κ2) is 8.71. The van der Waals surface area contributed by atoms with Gasteiger partial charge < -0.3 is 9.47 Å². The van der Waals surface area contributed by atoms with Crippen LogP contribution in [0.15, 0.2) is 30.3 Å². The molecule has 1 aliphatic rings. The smallest absolute Gasteiger partial charge is 0.410 e. The van der Waals surface area contributed by atoms with Gasteiger partial charge in [-0.2, -0.15) is 0 Å². The normalized spacial score (nSPS) is 17.2. The predicted octanol–water partition coefficient (Wildman–Crippen LogP) is 2.51. The molecule has 7 heteroatoms. The number of hydroxylamine groups is 1. The summed E-state index contributed by atoms with van der Waals surface area (Å²) >= 11 is 0. The first kappa shape index (κ1) is 19.1. The predicted molar refractivity (Wildman–Crippen MR) is 92.0 cm³/mol. The van der Waals surface area contributed by atoms with Gasteiger partial charge in [0.2, 0.25) is 0 Å². The average molecular weight is 350 g/mol. The molecule has 0 saturated carbocycles. The van der Waals surface area contributed by atoms with Gasteiger partial charge in [0.1, 0.15) is 30.6 Å². The highest BCUT2D eigenvalue weighted by Crippen LogP contribution is 2.21. The largest absolute Gasteiger partial charge is 0.491 e. The van der Waals surface area contributed by atoms with E-state index in [1.165, 1.54) is 4.90 Å². The summed E-state index contributed by atoms with van der Waals surface area (Å²) in [6.07, 6.45) is 0.876. The quantitative estimate of drug-likeness (QED) is 0.630. The van der Waals surface area contributed by atoms with E-state index < -0.39 is 17.7 Å². The van der Waals surface area contributed by atoms with E-state index in [4.69, 9.17) is 14.3 Å². The Hall–Kier alpha value is -2.28. The van der Waals surface area contributed by atoms with E-state index in [0.717, 1.165) is 12.2 Å². The maximum absolute atomic E-state index is 12.2. The third kappa shape index (κ3) is 6.26. The van der Waals surface area contributed by atoms with Crippen LogP contribution in [0.5, 0.6) is 5.75 Å². The summed E-state index contributed by atoms with van der Waals surface area (Å²) in [6, 6.07) is 8.78. The summed E-state index contributed by atoms with van der Waals surface area (Å²) in [5.74, 6) is 0.396. The van der Waals surface area contributed by atoms with Crippen LogP contribution in [-0.2, 0) is 14.4 Å². The standard InChI is InChI=1S/C18H26N2O5/c1-18(2,3)25-17(22)20-11-7-10-15(20)16(21)19-24-13-12-23-14-8-5-4-6-9-14/h4-6,8-9,15H,7,10-13H2,1-3H3,(H,19,21). The lowest BCUT2D eigenvalue weighted by Crippen LogP contribution is -2.47. The van der Waals surface area contributed by atoms with E-state index in [0.29, 0.717) is 19.6 Å². The van der Waals surface area contributed by atoms with E-state index >= 15 is 0 Å². The van der Waals surface area contributed by atoms with Crippen molar-refractivity contribution < 1.29 is 23.9 Å². The highest BCUT2D eigenvalue weighted by Gasteiger charge is 2.36. The van der Waals surface area contributed by atoms with Crippen molar-refractivity contribution in [3.63, 3.8) is 0 Å². The number of nitrogens with zero attached hydrogens (tertiary/aromatic N) is 1. The number of rotatable bonds is 6. The Balaban J connectivity index is 1.71. The van der Waals surface area contributed by atoms with Gasteiger partial charge >= 0.3 is 6.09 Å². The SMILES string of the molecule is CC(C)(C)OC(=O)N1CCCC1C(=O)NOCCOc1ccccc1. The van der Waals surface area contributed by atoms with Crippen LogP contribution in [0.4, 0.5) is 4.79 Å². The molecule has 0 radical (unpaired) electrons. The van der Waals surface area contributed by atoms with Gasteiger partial charge in [0.15, 0.2) is 0 Å². The Morgan fingerprint density at radius 2 is 1.92 bits per heavy atom. The Morgan fingerprint density at radius 1 is 1.20 bits per heavy atom. The number of amides is 2. The lowest BCUT2D eigenvalue weighted by atomic mass is 10.2. The molecule has 1 N–H and O–H groups in total. The minimum Gasteiger partial charge on any atom is -0.491 e. The Bertz CT molecular complexity index is 571. The molecule has 1 fully saturated rings. The zero-order valence-electron chi connectivity index (χ0n) is 15.0. The van der Waals surface area contributed by atoms with E-state index in [9.17, 15) is 9.59 Å². The van der Waals surface area contributed by atoms with Crippen LogP contribution in [0.3, 0.4) is 0 Å². The number of benzene rings is 1. The van der Waals surface area contributed by atoms with Crippen molar-refractivity contribution in [3.05, 3.63) is 30.3 Å². The van der Waals surface area contributed by atoms with Crippen LogP contribution in [-0.4, -0.2) is 48.3 Å². The molecule has 2 rings (SSSR count). The van der Waals surface area contributed by atoms with Crippen molar-refractivity contribution in [1.82, 2.24) is 10.4 Å². The first-order valence-corrected chi connectivity index (χ1v) is 8.46. The van der Waals surface area contributed by atoms with Crippen LogP contribution in [0.25, 0.3) is 0 Å². The van der Waals surface area contributed by atoms with Crippen LogP contribution in [0.2, 0.25) is 0 Å². The summed E-state index contributed by atoms with van der Waals surface area (Å²) in [5.41, 5.74) is 1.80. The highest BCUT2D eigenvalue weighted by atomic mass is 16.7. The van der Waals surface area contributed by atoms with Gasteiger partial charge in [-0.3, -0.25) is 14.5 Å². The molecule has 1 unspecified atom stereocenters. The maximum atomic E-state index is 12.2. The molecule has 1 atom stereocenters. The van der Waals surface area contributed by atoms with Gasteiger partial charge in [-0.15, -0.1) is 0 Å². The summed E-state index contributed by atoms with van der Waals surface area (Å²) in [7, 11) is 0. The average Bonchev–Trinajstić information content (AvgIpc) is 3.03. The monoisotopic (exact) mass is 350 g/mol. The molecule has 0 aliphatic carbocycles. The number of para-hydroxylation sites is 1. The van der Waals surface area contributed by atoms with Crippen molar-refractivity contribution in [2.24, 2.45) is 0 Å². The third-order valence-electron chi connectivity index (χ3n) is 3.55. The van der Waals surface area contributed by atoms with Gasteiger partial charge in [0.05, 0.1) is 0 Å². The minimum absolute atomic E-state index is 0.208. The van der Waals surface area contributed by atoms with E-state index in [1.54, 1.807) is 20.8 Å². The number of nitrogens with one attached hydrogen (secondary N) is 1. The van der Waals surface area contributed by atoms with Gasteiger partial charge in [0, 0.05) is 6.54 Å². The van der Waals surface area contributed by atoms with E-state index in [1.807, 2.05) is 30.3 Å². The summed E-state index contributed by atoms with van der Waals surface area (Å²) in [6.45, 7) is 6.42. The van der Waals surface area contributed by atoms with Crippen molar-refractivity contribution in [2.75, 3.05) is 19.8 Å². The lowest BCUT2D eigenvalue weighted by Gasteiger charge is -2.27. The van der Waals surface area contributed by atoms with E-state index in [2.05, 4.69) is 5.48 Å². The molecule has 7 nitrogen and oxygen atoms in total. The zero-order chi connectivity index (χ0) is 18.3. The van der Waals surface area contributed by atoms with Crippen LogP contribution >= 0.6 is 0 Å². The molecule has 1 heterocycles. The van der Waals surface area contributed by atoms with Crippen LogP contribution in [0, 0.1) is 0 Å². The van der Waals surface area contributed by atoms with E-state index in [-0.39, 0.29) is 12.5 Å². The van der Waals surface area contributed by atoms with Crippen LogP contribution < -0.4 is 10.2 Å². The number of hydrogen-bond donors (Lipinski definition) is 1. The van der Waals surface area contributed by atoms with Crippen molar-refractivity contribution in [3.8, 4) is 5.75 Å². The molecule has 0 spiro atoms. The second-order valence-electron chi connectivity index (χ2n) is 6.81. The number of carbonyl (C=O) groups is 2. The molecule has 1 saturated heterocycles. The summed E-state index contributed by atoms with van der Waals surface area (Å²) < 4.78 is 10.8. The first-order valence-electron chi connectivity index (χ1n) is 8.46. The lowest BCUT2D eigenvalue weighted by molar-refractivity contribution is -0.138. The van der Waals surface area contributed by atoms with Gasteiger partial charge in [0.25, 0.3) is 5.91 Å². The van der Waals surface area contributed by atoms with Gasteiger partial charge in [-0.1, -0.05) is 18.2 Å². The Labute approximate surface area is 148 Å². The zero-order valence-corrected chi connectivity index (χ0v) is 15.0. The molecule has 25 heavy (non-hydrogen) atoms. The molecular formula is C18H26N2O5. The summed E-state index contributed by atoms with van der Waals surface area (Å²) in [4.78, 5) is 31.0. The number of likely N-dealkylation sites (tertiary alicyclic amines) is 1. The number of ether oxygens (including phenoxy) is 2. The highest BCUT2D eigenvalue weighted by molar-refractivity contribution is 5.85. The molecular weight excluding hydrogens is 324 g/mol. The molecule has 1 aromatic rings. The summed E-state index contributed by atoms with van der Waals surface area (Å²) in [5, 5.41) is 0. The number of carbonyl (C=O) groups excluding carboxylic acids is 2. The third-order valence-corrected chi connectivity index (χ3v) is 3.55. The molecule has 2 amide bonds. The maximum Gasteiger partial charge on any atom is 0.410 e.